The maximum Gasteiger partial charge on any atom is 0.147 e. The van der Waals surface area contributed by atoms with E-state index in [1.165, 1.54) is 6.26 Å². The van der Waals surface area contributed by atoms with E-state index in [4.69, 9.17) is 5.73 Å². The highest BCUT2D eigenvalue weighted by Gasteiger charge is 2.16. The molecule has 1 atom stereocenters. The zero-order chi connectivity index (χ0) is 12.6. The summed E-state index contributed by atoms with van der Waals surface area (Å²) in [5, 5.41) is 0. The molecular formula is C12H27NO2S. The molecule has 3 nitrogen and oxygen atoms in total. The minimum Gasteiger partial charge on any atom is -0.327 e. The number of nitrogens with two attached hydrogens (primary N) is 1. The molecule has 0 saturated carbocycles. The van der Waals surface area contributed by atoms with Crippen molar-refractivity contribution in [2.45, 2.75) is 58.4 Å². The van der Waals surface area contributed by atoms with E-state index in [1.54, 1.807) is 0 Å². The van der Waals surface area contributed by atoms with Crippen LogP contribution in [0.15, 0.2) is 0 Å². The van der Waals surface area contributed by atoms with Crippen molar-refractivity contribution in [3.63, 3.8) is 0 Å². The Morgan fingerprint density at radius 3 is 1.94 bits per heavy atom. The van der Waals surface area contributed by atoms with Crippen LogP contribution in [0.3, 0.4) is 0 Å². The molecule has 0 fully saturated rings. The van der Waals surface area contributed by atoms with E-state index >= 15 is 0 Å². The molecular weight excluding hydrogens is 222 g/mol. The van der Waals surface area contributed by atoms with Crippen molar-refractivity contribution in [2.24, 2.45) is 11.7 Å². The first-order valence-electron chi connectivity index (χ1n) is 6.34. The van der Waals surface area contributed by atoms with Gasteiger partial charge >= 0.3 is 0 Å². The summed E-state index contributed by atoms with van der Waals surface area (Å²) in [6.07, 6.45) is 7.45. The van der Waals surface area contributed by atoms with E-state index in [1.807, 2.05) is 0 Å². The standard InChI is InChI=1S/C12H27NO2S/c1-4-7-11(8-5-2)12(13)9-6-10-16(3,14)15/h11-12H,4-10,13H2,1-3H3. The third kappa shape index (κ3) is 8.11. The minimum absolute atomic E-state index is 0.168. The summed E-state index contributed by atoms with van der Waals surface area (Å²) in [4.78, 5) is 0. The fourth-order valence-corrected chi connectivity index (χ4v) is 2.82. The van der Waals surface area contributed by atoms with Gasteiger partial charge in [0.2, 0.25) is 0 Å². The number of sulfone groups is 1. The Labute approximate surface area is 101 Å². The van der Waals surface area contributed by atoms with Crippen LogP contribution in [0.2, 0.25) is 0 Å². The molecule has 1 unspecified atom stereocenters. The molecule has 0 radical (unpaired) electrons. The smallest absolute Gasteiger partial charge is 0.147 e. The van der Waals surface area contributed by atoms with Gasteiger partial charge in [0, 0.05) is 18.1 Å². The third-order valence-electron chi connectivity index (χ3n) is 2.98. The highest BCUT2D eigenvalue weighted by atomic mass is 32.2. The molecule has 0 aromatic heterocycles. The SMILES string of the molecule is CCCC(CCC)C(N)CCCS(C)(=O)=O. The summed E-state index contributed by atoms with van der Waals surface area (Å²) in [7, 11) is -2.83. The summed E-state index contributed by atoms with van der Waals surface area (Å²) in [5.41, 5.74) is 6.12. The molecule has 0 aliphatic heterocycles. The molecule has 0 heterocycles. The molecule has 16 heavy (non-hydrogen) atoms. The Morgan fingerprint density at radius 1 is 1.06 bits per heavy atom. The molecule has 0 aromatic rings. The average Bonchev–Trinajstić information content (AvgIpc) is 2.15. The van der Waals surface area contributed by atoms with Crippen molar-refractivity contribution in [1.82, 2.24) is 0 Å². The molecule has 98 valence electrons. The van der Waals surface area contributed by atoms with Crippen LogP contribution in [-0.4, -0.2) is 26.5 Å². The van der Waals surface area contributed by atoms with E-state index in [0.29, 0.717) is 12.3 Å². The molecule has 0 aliphatic carbocycles. The molecule has 0 rings (SSSR count). The molecule has 0 spiro atoms. The quantitative estimate of drug-likeness (QED) is 0.682. The predicted molar refractivity (Wildman–Crippen MR) is 70.2 cm³/mol. The van der Waals surface area contributed by atoms with Crippen molar-refractivity contribution >= 4 is 9.84 Å². The van der Waals surface area contributed by atoms with Gasteiger partial charge in [-0.15, -0.1) is 0 Å². The van der Waals surface area contributed by atoms with Crippen molar-refractivity contribution in [3.8, 4) is 0 Å². The maximum absolute atomic E-state index is 11.0. The van der Waals surface area contributed by atoms with Crippen LogP contribution in [0.5, 0.6) is 0 Å². The zero-order valence-corrected chi connectivity index (χ0v) is 11.7. The second kappa shape index (κ2) is 8.07. The van der Waals surface area contributed by atoms with Gasteiger partial charge in [0.05, 0.1) is 0 Å². The van der Waals surface area contributed by atoms with Crippen molar-refractivity contribution in [2.75, 3.05) is 12.0 Å². The molecule has 0 bridgehead atoms. The summed E-state index contributed by atoms with van der Waals surface area (Å²) in [6.45, 7) is 4.35. The molecule has 0 aliphatic rings. The van der Waals surface area contributed by atoms with E-state index in [9.17, 15) is 8.42 Å². The van der Waals surface area contributed by atoms with Crippen molar-refractivity contribution < 1.29 is 8.42 Å². The van der Waals surface area contributed by atoms with Crippen LogP contribution < -0.4 is 5.73 Å². The highest BCUT2D eigenvalue weighted by Crippen LogP contribution is 2.19. The Bertz CT molecular complexity index is 256. The number of hydrogen-bond acceptors (Lipinski definition) is 3. The van der Waals surface area contributed by atoms with Gasteiger partial charge in [0.1, 0.15) is 9.84 Å². The van der Waals surface area contributed by atoms with E-state index < -0.39 is 9.84 Å². The van der Waals surface area contributed by atoms with Gasteiger partial charge in [-0.25, -0.2) is 8.42 Å². The lowest BCUT2D eigenvalue weighted by molar-refractivity contribution is 0.345. The first-order chi connectivity index (χ1) is 7.40. The lowest BCUT2D eigenvalue weighted by Gasteiger charge is -2.23. The maximum atomic E-state index is 11.0. The number of rotatable bonds is 9. The molecule has 0 amide bonds. The fraction of sp³-hybridized carbons (Fsp3) is 1.00. The van der Waals surface area contributed by atoms with Gasteiger partial charge in [-0.05, 0) is 31.6 Å². The highest BCUT2D eigenvalue weighted by molar-refractivity contribution is 7.90. The van der Waals surface area contributed by atoms with Crippen LogP contribution in [0.1, 0.15) is 52.4 Å². The number of hydrogen-bond donors (Lipinski definition) is 1. The summed E-state index contributed by atoms with van der Waals surface area (Å²) < 4.78 is 22.0. The van der Waals surface area contributed by atoms with Gasteiger partial charge in [-0.2, -0.15) is 0 Å². The Kier molecular flexibility index (Phi) is 8.02. The second-order valence-corrected chi connectivity index (χ2v) is 7.03. The Morgan fingerprint density at radius 2 is 1.56 bits per heavy atom. The van der Waals surface area contributed by atoms with Gasteiger partial charge in [0.15, 0.2) is 0 Å². The first kappa shape index (κ1) is 15.9. The van der Waals surface area contributed by atoms with E-state index in [0.717, 1.165) is 32.1 Å². The van der Waals surface area contributed by atoms with Crippen molar-refractivity contribution in [3.05, 3.63) is 0 Å². The van der Waals surface area contributed by atoms with Gasteiger partial charge in [-0.1, -0.05) is 26.7 Å². The predicted octanol–water partition coefficient (Wildman–Crippen LogP) is 2.35. The lowest BCUT2D eigenvalue weighted by atomic mass is 9.88. The van der Waals surface area contributed by atoms with E-state index in [-0.39, 0.29) is 11.8 Å². The van der Waals surface area contributed by atoms with Gasteiger partial charge in [0.25, 0.3) is 0 Å². The average molecular weight is 249 g/mol. The Hall–Kier alpha value is -0.0900. The summed E-state index contributed by atoms with van der Waals surface area (Å²) in [5.74, 6) is 0.834. The molecule has 0 saturated heterocycles. The molecule has 0 aromatic carbocycles. The van der Waals surface area contributed by atoms with Crippen LogP contribution in [0.4, 0.5) is 0 Å². The topological polar surface area (TPSA) is 60.2 Å². The molecule has 4 heteroatoms. The summed E-state index contributed by atoms with van der Waals surface area (Å²) >= 11 is 0. The van der Waals surface area contributed by atoms with Crippen LogP contribution in [-0.2, 0) is 9.84 Å². The third-order valence-corrected chi connectivity index (χ3v) is 4.01. The fourth-order valence-electron chi connectivity index (χ4n) is 2.13. The lowest BCUT2D eigenvalue weighted by Crippen LogP contribution is -2.30. The normalized spacial score (nSPS) is 14.3. The van der Waals surface area contributed by atoms with Gasteiger partial charge < -0.3 is 5.73 Å². The summed E-state index contributed by atoms with van der Waals surface area (Å²) in [6, 6.07) is 0.168. The Balaban J connectivity index is 3.95. The van der Waals surface area contributed by atoms with E-state index in [2.05, 4.69) is 13.8 Å². The van der Waals surface area contributed by atoms with Crippen LogP contribution in [0, 0.1) is 5.92 Å². The minimum atomic E-state index is -2.83. The van der Waals surface area contributed by atoms with Crippen molar-refractivity contribution in [1.29, 1.82) is 0 Å². The van der Waals surface area contributed by atoms with Crippen LogP contribution in [0.25, 0.3) is 0 Å². The monoisotopic (exact) mass is 249 g/mol. The van der Waals surface area contributed by atoms with Crippen LogP contribution >= 0.6 is 0 Å². The zero-order valence-electron chi connectivity index (χ0n) is 10.9. The first-order valence-corrected chi connectivity index (χ1v) is 8.40. The largest absolute Gasteiger partial charge is 0.327 e. The second-order valence-electron chi connectivity index (χ2n) is 4.77. The molecule has 2 N–H and O–H groups in total. The van der Waals surface area contributed by atoms with Gasteiger partial charge in [-0.3, -0.25) is 0 Å².